The molecule has 0 aliphatic rings. The molecular weight excluding hydrogens is 266 g/mol. The molecule has 1 atom stereocenters. The Hall–Kier alpha value is -1.78. The highest BCUT2D eigenvalue weighted by molar-refractivity contribution is 6.30. The van der Waals surface area contributed by atoms with Crippen molar-refractivity contribution in [3.8, 4) is 0 Å². The third-order valence-corrected chi connectivity index (χ3v) is 3.04. The van der Waals surface area contributed by atoms with Gasteiger partial charge in [0.05, 0.1) is 6.04 Å². The van der Waals surface area contributed by atoms with E-state index in [0.29, 0.717) is 17.3 Å². The third-order valence-electron chi connectivity index (χ3n) is 2.79. The van der Waals surface area contributed by atoms with Crippen molar-refractivity contribution in [1.29, 1.82) is 0 Å². The van der Waals surface area contributed by atoms with Crippen LogP contribution in [0.5, 0.6) is 0 Å². The van der Waals surface area contributed by atoms with Gasteiger partial charge in [0, 0.05) is 11.6 Å². The standard InChI is InChI=1S/C14H14ClNO3/c1-9(12-6-7-13(19-12)14(17)18)16-8-10-2-4-11(15)5-3-10/h2-7,9,16H,8H2,1H3,(H,17,18). The van der Waals surface area contributed by atoms with Crippen molar-refractivity contribution < 1.29 is 14.3 Å². The van der Waals surface area contributed by atoms with Gasteiger partial charge in [0.25, 0.3) is 0 Å². The van der Waals surface area contributed by atoms with Gasteiger partial charge in [-0.25, -0.2) is 4.79 Å². The fourth-order valence-corrected chi connectivity index (χ4v) is 1.80. The Balaban J connectivity index is 1.95. The van der Waals surface area contributed by atoms with E-state index in [1.165, 1.54) is 6.07 Å². The Morgan fingerprint density at radius 1 is 1.32 bits per heavy atom. The monoisotopic (exact) mass is 279 g/mol. The van der Waals surface area contributed by atoms with Crippen molar-refractivity contribution in [2.75, 3.05) is 0 Å². The van der Waals surface area contributed by atoms with Crippen LogP contribution >= 0.6 is 11.6 Å². The van der Waals surface area contributed by atoms with E-state index in [0.717, 1.165) is 5.56 Å². The number of nitrogens with one attached hydrogen (secondary N) is 1. The molecule has 0 fully saturated rings. The quantitative estimate of drug-likeness (QED) is 0.879. The van der Waals surface area contributed by atoms with E-state index in [9.17, 15) is 4.79 Å². The summed E-state index contributed by atoms with van der Waals surface area (Å²) in [5, 5.41) is 12.7. The molecule has 2 N–H and O–H groups in total. The molecule has 2 rings (SSSR count). The smallest absolute Gasteiger partial charge is 0.371 e. The summed E-state index contributed by atoms with van der Waals surface area (Å²) in [6.07, 6.45) is 0. The van der Waals surface area contributed by atoms with Crippen LogP contribution in [-0.2, 0) is 6.54 Å². The molecular formula is C14H14ClNO3. The van der Waals surface area contributed by atoms with Crippen molar-refractivity contribution in [2.45, 2.75) is 19.5 Å². The van der Waals surface area contributed by atoms with Gasteiger partial charge >= 0.3 is 5.97 Å². The van der Waals surface area contributed by atoms with Crippen LogP contribution in [0.2, 0.25) is 5.02 Å². The van der Waals surface area contributed by atoms with E-state index < -0.39 is 5.97 Å². The number of hydrogen-bond donors (Lipinski definition) is 2. The average Bonchev–Trinajstić information content (AvgIpc) is 2.87. The molecule has 0 radical (unpaired) electrons. The molecule has 1 heterocycles. The first-order valence-corrected chi connectivity index (χ1v) is 6.25. The van der Waals surface area contributed by atoms with Crippen LogP contribution in [0.3, 0.4) is 0 Å². The minimum absolute atomic E-state index is 0.0462. The number of benzene rings is 1. The molecule has 5 heteroatoms. The number of carboxylic acid groups (broad SMARTS) is 1. The fraction of sp³-hybridized carbons (Fsp3) is 0.214. The molecule has 1 aromatic carbocycles. The summed E-state index contributed by atoms with van der Waals surface area (Å²) < 4.78 is 5.23. The van der Waals surface area contributed by atoms with Crippen LogP contribution in [0.1, 0.15) is 34.8 Å². The van der Waals surface area contributed by atoms with Gasteiger partial charge in [0.2, 0.25) is 5.76 Å². The molecule has 0 saturated heterocycles. The SMILES string of the molecule is CC(NCc1ccc(Cl)cc1)c1ccc(C(=O)O)o1. The molecule has 19 heavy (non-hydrogen) atoms. The average molecular weight is 280 g/mol. The predicted octanol–water partition coefficient (Wildman–Crippen LogP) is 3.48. The van der Waals surface area contributed by atoms with Crippen LogP contribution in [0.25, 0.3) is 0 Å². The first kappa shape index (κ1) is 13.6. The Morgan fingerprint density at radius 3 is 2.58 bits per heavy atom. The van der Waals surface area contributed by atoms with Gasteiger partial charge in [-0.15, -0.1) is 0 Å². The molecule has 2 aromatic rings. The van der Waals surface area contributed by atoms with Crippen LogP contribution in [0.15, 0.2) is 40.8 Å². The van der Waals surface area contributed by atoms with E-state index >= 15 is 0 Å². The molecule has 1 unspecified atom stereocenters. The molecule has 4 nitrogen and oxygen atoms in total. The van der Waals surface area contributed by atoms with Gasteiger partial charge < -0.3 is 14.8 Å². The number of aromatic carboxylic acids is 1. The zero-order valence-corrected chi connectivity index (χ0v) is 11.1. The van der Waals surface area contributed by atoms with E-state index in [1.54, 1.807) is 6.07 Å². The third kappa shape index (κ3) is 3.59. The second-order valence-electron chi connectivity index (χ2n) is 4.24. The summed E-state index contributed by atoms with van der Waals surface area (Å²) in [5.41, 5.74) is 1.10. The molecule has 0 saturated carbocycles. The molecule has 0 aliphatic heterocycles. The maximum atomic E-state index is 10.7. The van der Waals surface area contributed by atoms with Gasteiger partial charge in [0.15, 0.2) is 0 Å². The fourth-order valence-electron chi connectivity index (χ4n) is 1.67. The van der Waals surface area contributed by atoms with E-state index in [2.05, 4.69) is 5.32 Å². The van der Waals surface area contributed by atoms with Crippen LogP contribution in [0.4, 0.5) is 0 Å². The second kappa shape index (κ2) is 5.91. The first-order chi connectivity index (χ1) is 9.06. The molecule has 0 spiro atoms. The lowest BCUT2D eigenvalue weighted by Crippen LogP contribution is -2.17. The lowest BCUT2D eigenvalue weighted by atomic mass is 10.2. The van der Waals surface area contributed by atoms with Gasteiger partial charge in [0.1, 0.15) is 5.76 Å². The van der Waals surface area contributed by atoms with Crippen LogP contribution in [-0.4, -0.2) is 11.1 Å². The summed E-state index contributed by atoms with van der Waals surface area (Å²) in [6.45, 7) is 2.57. The number of halogens is 1. The predicted molar refractivity (Wildman–Crippen MR) is 72.4 cm³/mol. The largest absolute Gasteiger partial charge is 0.475 e. The number of furan rings is 1. The van der Waals surface area contributed by atoms with Gasteiger partial charge in [-0.05, 0) is 36.8 Å². The van der Waals surface area contributed by atoms with Gasteiger partial charge in [-0.3, -0.25) is 0 Å². The molecule has 0 amide bonds. The highest BCUT2D eigenvalue weighted by Gasteiger charge is 2.13. The summed E-state index contributed by atoms with van der Waals surface area (Å²) in [6, 6.07) is 10.6. The van der Waals surface area contributed by atoms with Gasteiger partial charge in [-0.2, -0.15) is 0 Å². The highest BCUT2D eigenvalue weighted by atomic mass is 35.5. The van der Waals surface area contributed by atoms with Gasteiger partial charge in [-0.1, -0.05) is 23.7 Å². The number of rotatable bonds is 5. The first-order valence-electron chi connectivity index (χ1n) is 5.87. The summed E-state index contributed by atoms with van der Waals surface area (Å²) >= 11 is 5.81. The van der Waals surface area contributed by atoms with Crippen molar-refractivity contribution in [3.05, 3.63) is 58.5 Å². The number of hydrogen-bond acceptors (Lipinski definition) is 3. The van der Waals surface area contributed by atoms with Crippen LogP contribution < -0.4 is 5.32 Å². The van der Waals surface area contributed by atoms with E-state index in [1.807, 2.05) is 31.2 Å². The van der Waals surface area contributed by atoms with Crippen molar-refractivity contribution in [1.82, 2.24) is 5.32 Å². The number of carbonyl (C=O) groups is 1. The maximum Gasteiger partial charge on any atom is 0.371 e. The second-order valence-corrected chi connectivity index (χ2v) is 4.67. The maximum absolute atomic E-state index is 10.7. The van der Waals surface area contributed by atoms with Crippen LogP contribution in [0, 0.1) is 0 Å². The zero-order valence-electron chi connectivity index (χ0n) is 10.4. The Labute approximate surface area is 116 Å². The van der Waals surface area contributed by atoms with Crippen molar-refractivity contribution in [3.63, 3.8) is 0 Å². The molecule has 100 valence electrons. The Bertz CT molecular complexity index is 562. The Kier molecular flexibility index (Phi) is 4.24. The molecule has 0 aliphatic carbocycles. The summed E-state index contributed by atoms with van der Waals surface area (Å²) in [4.78, 5) is 10.7. The minimum Gasteiger partial charge on any atom is -0.475 e. The summed E-state index contributed by atoms with van der Waals surface area (Å²) in [7, 11) is 0. The van der Waals surface area contributed by atoms with E-state index in [-0.39, 0.29) is 11.8 Å². The van der Waals surface area contributed by atoms with E-state index in [4.69, 9.17) is 21.1 Å². The number of carboxylic acids is 1. The normalized spacial score (nSPS) is 12.3. The summed E-state index contributed by atoms with van der Waals surface area (Å²) in [5.74, 6) is -0.502. The Morgan fingerprint density at radius 2 is 2.00 bits per heavy atom. The molecule has 0 bridgehead atoms. The minimum atomic E-state index is -1.06. The lowest BCUT2D eigenvalue weighted by Gasteiger charge is -2.11. The zero-order chi connectivity index (χ0) is 13.8. The van der Waals surface area contributed by atoms with Crippen molar-refractivity contribution in [2.24, 2.45) is 0 Å². The molecule has 1 aromatic heterocycles. The van der Waals surface area contributed by atoms with Crippen molar-refractivity contribution >= 4 is 17.6 Å². The highest BCUT2D eigenvalue weighted by Crippen LogP contribution is 2.17. The lowest BCUT2D eigenvalue weighted by molar-refractivity contribution is 0.0659. The topological polar surface area (TPSA) is 62.5 Å².